The standard InChI is InChI=1S/C4H6O4.C3H6O3S/c5-3(6)1-2-4(7)8;1-2-3-6-7(4)5/h1-2H2,(H,5,6)(H,7,8);2,7H,1,3H2. The molecule has 0 aliphatic rings. The Bertz CT molecular complexity index is 259. The molecule has 0 fully saturated rings. The Morgan fingerprint density at radius 3 is 1.73 bits per heavy atom. The predicted octanol–water partition coefficient (Wildman–Crippen LogP) is -0.349. The Balaban J connectivity index is 0. The SMILES string of the molecule is C=CCO[SH](=O)=O.O=C(O)CCC(=O)O. The van der Waals surface area contributed by atoms with Crippen molar-refractivity contribution in [2.45, 2.75) is 12.8 Å². The van der Waals surface area contributed by atoms with Gasteiger partial charge < -0.3 is 10.2 Å². The monoisotopic (exact) mass is 240 g/mol. The zero-order valence-electron chi connectivity index (χ0n) is 7.79. The second-order valence-corrected chi connectivity index (χ2v) is 2.80. The molecule has 88 valence electrons. The van der Waals surface area contributed by atoms with Crippen LogP contribution in [0.5, 0.6) is 0 Å². The summed E-state index contributed by atoms with van der Waals surface area (Å²) in [7, 11) is -2.68. The average molecular weight is 240 g/mol. The van der Waals surface area contributed by atoms with Crippen LogP contribution in [-0.2, 0) is 24.8 Å². The number of rotatable bonds is 6. The molecule has 0 heterocycles. The zero-order valence-corrected chi connectivity index (χ0v) is 8.68. The van der Waals surface area contributed by atoms with Crippen LogP contribution in [0.25, 0.3) is 0 Å². The molecule has 0 aromatic heterocycles. The van der Waals surface area contributed by atoms with Gasteiger partial charge in [-0.2, -0.15) is 0 Å². The number of carboxylic acids is 2. The Kier molecular flexibility index (Phi) is 11.4. The first-order valence-electron chi connectivity index (χ1n) is 3.72. The van der Waals surface area contributed by atoms with Crippen LogP contribution in [0.2, 0.25) is 0 Å². The topological polar surface area (TPSA) is 118 Å². The van der Waals surface area contributed by atoms with E-state index < -0.39 is 22.9 Å². The lowest BCUT2D eigenvalue weighted by Gasteiger charge is -1.85. The summed E-state index contributed by atoms with van der Waals surface area (Å²) < 4.78 is 23.1. The number of hydrogen-bond donors (Lipinski definition) is 3. The van der Waals surface area contributed by atoms with E-state index in [2.05, 4.69) is 10.8 Å². The van der Waals surface area contributed by atoms with Crippen molar-refractivity contribution in [2.75, 3.05) is 6.61 Å². The highest BCUT2D eigenvalue weighted by molar-refractivity contribution is 7.67. The molecule has 0 rings (SSSR count). The molecule has 0 amide bonds. The highest BCUT2D eigenvalue weighted by atomic mass is 32.2. The lowest BCUT2D eigenvalue weighted by Crippen LogP contribution is -2.00. The first kappa shape index (κ1) is 16.0. The maximum atomic E-state index is 9.64. The summed E-state index contributed by atoms with van der Waals surface area (Å²) in [5, 5.41) is 15.8. The van der Waals surface area contributed by atoms with Gasteiger partial charge >= 0.3 is 11.9 Å². The van der Waals surface area contributed by atoms with E-state index in [0.717, 1.165) is 0 Å². The third-order valence-electron chi connectivity index (χ3n) is 0.851. The van der Waals surface area contributed by atoms with E-state index in [1.807, 2.05) is 0 Å². The Labute approximate surface area is 88.1 Å². The molecule has 0 atom stereocenters. The minimum absolute atomic E-state index is 0.0682. The molecule has 0 spiro atoms. The molecule has 0 radical (unpaired) electrons. The minimum atomic E-state index is -2.68. The number of hydrogen-bond acceptors (Lipinski definition) is 5. The molecular formula is C7H12O7S. The largest absolute Gasteiger partial charge is 0.481 e. The molecule has 0 saturated heterocycles. The van der Waals surface area contributed by atoms with E-state index in [1.54, 1.807) is 0 Å². The average Bonchev–Trinajstić information content (AvgIpc) is 2.12. The lowest BCUT2D eigenvalue weighted by atomic mass is 10.3. The van der Waals surface area contributed by atoms with Gasteiger partial charge in [0.05, 0.1) is 19.4 Å². The maximum Gasteiger partial charge on any atom is 0.303 e. The third kappa shape index (κ3) is 24.5. The van der Waals surface area contributed by atoms with Crippen molar-refractivity contribution in [1.29, 1.82) is 0 Å². The zero-order chi connectivity index (χ0) is 12.3. The molecule has 0 aliphatic heterocycles. The van der Waals surface area contributed by atoms with Crippen LogP contribution in [0.3, 0.4) is 0 Å². The van der Waals surface area contributed by atoms with Crippen LogP contribution in [0.4, 0.5) is 0 Å². The van der Waals surface area contributed by atoms with Gasteiger partial charge in [0.2, 0.25) is 0 Å². The molecule has 8 heteroatoms. The summed E-state index contributed by atoms with van der Waals surface area (Å²) in [5.41, 5.74) is 0. The first-order chi connectivity index (χ1) is 6.90. The Morgan fingerprint density at radius 1 is 1.20 bits per heavy atom. The number of aliphatic carboxylic acids is 2. The predicted molar refractivity (Wildman–Crippen MR) is 51.0 cm³/mol. The van der Waals surface area contributed by atoms with Crippen molar-refractivity contribution in [2.24, 2.45) is 0 Å². The quantitative estimate of drug-likeness (QED) is 0.429. The molecule has 0 aliphatic carbocycles. The fraction of sp³-hybridized carbons (Fsp3) is 0.429. The van der Waals surface area contributed by atoms with Gasteiger partial charge in [-0.1, -0.05) is 6.08 Å². The van der Waals surface area contributed by atoms with Crippen molar-refractivity contribution >= 4 is 22.9 Å². The number of carbonyl (C=O) groups is 2. The number of thiol groups is 1. The van der Waals surface area contributed by atoms with E-state index in [4.69, 9.17) is 10.2 Å². The molecule has 0 aromatic rings. The molecule has 0 unspecified atom stereocenters. The molecular weight excluding hydrogens is 228 g/mol. The van der Waals surface area contributed by atoms with Crippen molar-refractivity contribution < 1.29 is 32.4 Å². The van der Waals surface area contributed by atoms with Crippen molar-refractivity contribution in [3.63, 3.8) is 0 Å². The summed E-state index contributed by atoms with van der Waals surface area (Å²) >= 11 is 0. The van der Waals surface area contributed by atoms with Gasteiger partial charge in [-0.15, -0.1) is 6.58 Å². The lowest BCUT2D eigenvalue weighted by molar-refractivity contribution is -0.143. The van der Waals surface area contributed by atoms with Crippen LogP contribution in [0.15, 0.2) is 12.7 Å². The van der Waals surface area contributed by atoms with Crippen LogP contribution in [-0.4, -0.2) is 37.2 Å². The highest BCUT2D eigenvalue weighted by Crippen LogP contribution is 1.86. The van der Waals surface area contributed by atoms with Gasteiger partial charge in [-0.25, -0.2) is 8.42 Å². The summed E-state index contributed by atoms with van der Waals surface area (Å²) in [6, 6.07) is 0. The van der Waals surface area contributed by atoms with E-state index in [9.17, 15) is 18.0 Å². The fourth-order valence-electron chi connectivity index (χ4n) is 0.327. The van der Waals surface area contributed by atoms with Crippen LogP contribution in [0.1, 0.15) is 12.8 Å². The normalized spacial score (nSPS) is 8.87. The molecule has 15 heavy (non-hydrogen) atoms. The van der Waals surface area contributed by atoms with Gasteiger partial charge in [0.1, 0.15) is 0 Å². The second kappa shape index (κ2) is 10.7. The fourth-order valence-corrected chi connectivity index (χ4v) is 0.555. The van der Waals surface area contributed by atoms with Crippen molar-refractivity contribution in [3.8, 4) is 0 Å². The van der Waals surface area contributed by atoms with Crippen LogP contribution >= 0.6 is 0 Å². The van der Waals surface area contributed by atoms with Gasteiger partial charge in [0, 0.05) is 0 Å². The summed E-state index contributed by atoms with van der Waals surface area (Å²) in [6.45, 7) is 3.31. The highest BCUT2D eigenvalue weighted by Gasteiger charge is 2.00. The number of carboxylic acid groups (broad SMARTS) is 2. The van der Waals surface area contributed by atoms with Gasteiger partial charge in [0.15, 0.2) is 0 Å². The summed E-state index contributed by atoms with van der Waals surface area (Å²) in [4.78, 5) is 19.3. The van der Waals surface area contributed by atoms with Crippen molar-refractivity contribution in [1.82, 2.24) is 0 Å². The van der Waals surface area contributed by atoms with Crippen LogP contribution < -0.4 is 0 Å². The maximum absolute atomic E-state index is 9.64. The van der Waals surface area contributed by atoms with Gasteiger partial charge in [0.25, 0.3) is 11.0 Å². The van der Waals surface area contributed by atoms with Gasteiger partial charge in [-0.3, -0.25) is 13.8 Å². The molecule has 7 nitrogen and oxygen atoms in total. The minimum Gasteiger partial charge on any atom is -0.481 e. The molecule has 0 saturated carbocycles. The Hall–Kier alpha value is -1.41. The first-order valence-corrected chi connectivity index (χ1v) is 4.81. The second-order valence-electron chi connectivity index (χ2n) is 2.10. The molecule has 0 bridgehead atoms. The van der Waals surface area contributed by atoms with E-state index in [1.165, 1.54) is 6.08 Å². The van der Waals surface area contributed by atoms with E-state index >= 15 is 0 Å². The van der Waals surface area contributed by atoms with E-state index in [-0.39, 0.29) is 19.4 Å². The smallest absolute Gasteiger partial charge is 0.303 e. The third-order valence-corrected chi connectivity index (χ3v) is 1.21. The van der Waals surface area contributed by atoms with Crippen molar-refractivity contribution in [3.05, 3.63) is 12.7 Å². The molecule has 2 N–H and O–H groups in total. The summed E-state index contributed by atoms with van der Waals surface area (Å²) in [6.07, 6.45) is 0.774. The van der Waals surface area contributed by atoms with Gasteiger partial charge in [-0.05, 0) is 0 Å². The Morgan fingerprint density at radius 2 is 1.60 bits per heavy atom. The van der Waals surface area contributed by atoms with Crippen LogP contribution in [0, 0.1) is 0 Å². The molecule has 0 aromatic carbocycles. The summed E-state index contributed by atoms with van der Waals surface area (Å²) in [5.74, 6) is -2.15. The van der Waals surface area contributed by atoms with E-state index in [0.29, 0.717) is 0 Å².